The molecule has 0 unspecified atom stereocenters. The van der Waals surface area contributed by atoms with Crippen LogP contribution in [0.2, 0.25) is 0 Å². The lowest BCUT2D eigenvalue weighted by Gasteiger charge is -2.45. The van der Waals surface area contributed by atoms with Gasteiger partial charge in [0.25, 0.3) is 0 Å². The molecule has 0 bridgehead atoms. The van der Waals surface area contributed by atoms with Gasteiger partial charge in [0, 0.05) is 18.0 Å². The minimum absolute atomic E-state index is 0.0842. The van der Waals surface area contributed by atoms with Crippen LogP contribution in [0, 0.1) is 17.8 Å². The summed E-state index contributed by atoms with van der Waals surface area (Å²) in [7, 11) is 4.27. The molecular formula is C14H28N2O. The first-order chi connectivity index (χ1) is 7.82. The predicted molar refractivity (Wildman–Crippen MR) is 71.8 cm³/mol. The molecule has 1 amide bonds. The molecule has 0 saturated heterocycles. The molecule has 1 atom stereocenters. The zero-order valence-corrected chi connectivity index (χ0v) is 12.2. The number of carbonyl (C=O) groups is 1. The number of nitrogens with one attached hydrogen (secondary N) is 1. The summed E-state index contributed by atoms with van der Waals surface area (Å²) in [6.07, 6.45) is 2.43. The van der Waals surface area contributed by atoms with Gasteiger partial charge < -0.3 is 10.2 Å². The van der Waals surface area contributed by atoms with Crippen molar-refractivity contribution in [3.8, 4) is 0 Å². The Balaban J connectivity index is 2.49. The smallest absolute Gasteiger partial charge is 0.222 e. The molecule has 0 spiro atoms. The van der Waals surface area contributed by atoms with Crippen LogP contribution in [-0.4, -0.2) is 37.0 Å². The SMILES string of the molecule is CC(C)C(=O)N[C@@H](C(C)C)C1CC(N(C)C)C1. The molecule has 1 fully saturated rings. The van der Waals surface area contributed by atoms with Crippen molar-refractivity contribution in [3.05, 3.63) is 0 Å². The van der Waals surface area contributed by atoms with Crippen molar-refractivity contribution in [2.24, 2.45) is 17.8 Å². The first-order valence-corrected chi connectivity index (χ1v) is 6.79. The zero-order chi connectivity index (χ0) is 13.2. The van der Waals surface area contributed by atoms with Gasteiger partial charge in [0.1, 0.15) is 0 Å². The topological polar surface area (TPSA) is 32.3 Å². The Bertz CT molecular complexity index is 255. The van der Waals surface area contributed by atoms with Gasteiger partial charge in [-0.05, 0) is 38.8 Å². The number of amides is 1. The summed E-state index contributed by atoms with van der Waals surface area (Å²) in [5, 5.41) is 3.22. The van der Waals surface area contributed by atoms with Crippen LogP contribution in [0.5, 0.6) is 0 Å². The van der Waals surface area contributed by atoms with Crippen LogP contribution in [0.1, 0.15) is 40.5 Å². The normalized spacial score (nSPS) is 26.2. The molecule has 100 valence electrons. The van der Waals surface area contributed by atoms with Crippen LogP contribution in [0.25, 0.3) is 0 Å². The second kappa shape index (κ2) is 5.85. The van der Waals surface area contributed by atoms with Crippen molar-refractivity contribution in [2.75, 3.05) is 14.1 Å². The summed E-state index contributed by atoms with van der Waals surface area (Å²) in [5.74, 6) is 1.45. The maximum atomic E-state index is 11.8. The molecule has 17 heavy (non-hydrogen) atoms. The Morgan fingerprint density at radius 2 is 1.71 bits per heavy atom. The van der Waals surface area contributed by atoms with E-state index in [9.17, 15) is 4.79 Å². The lowest BCUT2D eigenvalue weighted by Crippen LogP contribution is -2.53. The number of hydrogen-bond donors (Lipinski definition) is 1. The van der Waals surface area contributed by atoms with Gasteiger partial charge >= 0.3 is 0 Å². The molecular weight excluding hydrogens is 212 g/mol. The fourth-order valence-electron chi connectivity index (χ4n) is 2.50. The van der Waals surface area contributed by atoms with Crippen molar-refractivity contribution < 1.29 is 4.79 Å². The first-order valence-electron chi connectivity index (χ1n) is 6.79. The van der Waals surface area contributed by atoms with Crippen molar-refractivity contribution in [1.29, 1.82) is 0 Å². The third-order valence-corrected chi connectivity index (χ3v) is 3.94. The standard InChI is InChI=1S/C14H28N2O/c1-9(2)13(15-14(17)10(3)4)11-7-12(8-11)16(5)6/h9-13H,7-8H2,1-6H3,(H,15,17)/t11?,12?,13-/m0/s1. The summed E-state index contributed by atoms with van der Waals surface area (Å²) in [6, 6.07) is 1.05. The molecule has 3 heteroatoms. The second-order valence-electron chi connectivity index (χ2n) is 6.28. The van der Waals surface area contributed by atoms with Gasteiger partial charge in [-0.2, -0.15) is 0 Å². The maximum Gasteiger partial charge on any atom is 0.222 e. The molecule has 3 nitrogen and oxygen atoms in total. The van der Waals surface area contributed by atoms with Gasteiger partial charge in [-0.15, -0.1) is 0 Å². The molecule has 1 aliphatic carbocycles. The van der Waals surface area contributed by atoms with E-state index in [1.165, 1.54) is 12.8 Å². The summed E-state index contributed by atoms with van der Waals surface area (Å²) >= 11 is 0. The van der Waals surface area contributed by atoms with Crippen molar-refractivity contribution >= 4 is 5.91 Å². The van der Waals surface area contributed by atoms with Crippen LogP contribution in [-0.2, 0) is 4.79 Å². The lowest BCUT2D eigenvalue weighted by molar-refractivity contribution is -0.126. The van der Waals surface area contributed by atoms with E-state index in [2.05, 4.69) is 38.2 Å². The Morgan fingerprint density at radius 1 is 1.18 bits per heavy atom. The maximum absolute atomic E-state index is 11.8. The van der Waals surface area contributed by atoms with E-state index in [0.29, 0.717) is 23.9 Å². The summed E-state index contributed by atoms with van der Waals surface area (Å²) in [6.45, 7) is 8.31. The fraction of sp³-hybridized carbons (Fsp3) is 0.929. The van der Waals surface area contributed by atoms with E-state index in [4.69, 9.17) is 0 Å². The van der Waals surface area contributed by atoms with Crippen molar-refractivity contribution in [1.82, 2.24) is 10.2 Å². The van der Waals surface area contributed by atoms with Crippen LogP contribution in [0.4, 0.5) is 0 Å². The molecule has 1 N–H and O–H groups in total. The van der Waals surface area contributed by atoms with E-state index in [0.717, 1.165) is 0 Å². The highest BCUT2D eigenvalue weighted by Gasteiger charge is 2.38. The quantitative estimate of drug-likeness (QED) is 0.798. The highest BCUT2D eigenvalue weighted by molar-refractivity contribution is 5.78. The molecule has 1 aliphatic rings. The number of hydrogen-bond acceptors (Lipinski definition) is 2. The molecule has 0 aromatic rings. The van der Waals surface area contributed by atoms with Gasteiger partial charge in [0.2, 0.25) is 5.91 Å². The fourth-order valence-corrected chi connectivity index (χ4v) is 2.50. The van der Waals surface area contributed by atoms with E-state index >= 15 is 0 Å². The van der Waals surface area contributed by atoms with Crippen LogP contribution in [0.3, 0.4) is 0 Å². The predicted octanol–water partition coefficient (Wildman–Crippen LogP) is 2.12. The zero-order valence-electron chi connectivity index (χ0n) is 12.2. The van der Waals surface area contributed by atoms with E-state index in [1.54, 1.807) is 0 Å². The average Bonchev–Trinajstić information content (AvgIpc) is 2.12. The molecule has 0 heterocycles. The average molecular weight is 240 g/mol. The minimum atomic E-state index is 0.0842. The number of nitrogens with zero attached hydrogens (tertiary/aromatic N) is 1. The van der Waals surface area contributed by atoms with Gasteiger partial charge in [-0.3, -0.25) is 4.79 Å². The second-order valence-corrected chi connectivity index (χ2v) is 6.28. The summed E-state index contributed by atoms with van der Waals surface area (Å²) in [4.78, 5) is 14.1. The largest absolute Gasteiger partial charge is 0.353 e. The first kappa shape index (κ1) is 14.5. The Kier molecular flexibility index (Phi) is 4.99. The third-order valence-electron chi connectivity index (χ3n) is 3.94. The summed E-state index contributed by atoms with van der Waals surface area (Å²) < 4.78 is 0. The van der Waals surface area contributed by atoms with Crippen LogP contribution >= 0.6 is 0 Å². The third kappa shape index (κ3) is 3.70. The molecule has 1 saturated carbocycles. The number of rotatable bonds is 5. The van der Waals surface area contributed by atoms with Crippen molar-refractivity contribution in [3.63, 3.8) is 0 Å². The van der Waals surface area contributed by atoms with Crippen LogP contribution in [0.15, 0.2) is 0 Å². The van der Waals surface area contributed by atoms with Gasteiger partial charge in [-0.25, -0.2) is 0 Å². The highest BCUT2D eigenvalue weighted by Crippen LogP contribution is 2.35. The van der Waals surface area contributed by atoms with Gasteiger partial charge in [-0.1, -0.05) is 27.7 Å². The molecule has 0 aromatic carbocycles. The highest BCUT2D eigenvalue weighted by atomic mass is 16.1. The molecule has 0 aliphatic heterocycles. The lowest BCUT2D eigenvalue weighted by atomic mass is 9.72. The van der Waals surface area contributed by atoms with E-state index in [-0.39, 0.29) is 11.8 Å². The van der Waals surface area contributed by atoms with Crippen LogP contribution < -0.4 is 5.32 Å². The summed E-state index contributed by atoms with van der Waals surface area (Å²) in [5.41, 5.74) is 0. The Labute approximate surface area is 106 Å². The molecule has 1 rings (SSSR count). The van der Waals surface area contributed by atoms with Gasteiger partial charge in [0.15, 0.2) is 0 Å². The van der Waals surface area contributed by atoms with E-state index < -0.39 is 0 Å². The van der Waals surface area contributed by atoms with Gasteiger partial charge in [0.05, 0.1) is 0 Å². The molecule has 0 radical (unpaired) electrons. The molecule has 0 aromatic heterocycles. The minimum Gasteiger partial charge on any atom is -0.353 e. The Hall–Kier alpha value is -0.570. The van der Waals surface area contributed by atoms with Crippen molar-refractivity contribution in [2.45, 2.75) is 52.6 Å². The Morgan fingerprint density at radius 3 is 2.06 bits per heavy atom. The monoisotopic (exact) mass is 240 g/mol. The van der Waals surface area contributed by atoms with E-state index in [1.807, 2.05) is 13.8 Å². The number of carbonyl (C=O) groups excluding carboxylic acids is 1.